The van der Waals surface area contributed by atoms with E-state index in [1.165, 1.54) is 12.1 Å². The molecular weight excluding hydrogens is 293 g/mol. The van der Waals surface area contributed by atoms with Crippen LogP contribution in [0.1, 0.15) is 20.3 Å². The number of nitrogens with one attached hydrogen (secondary N) is 1. The van der Waals surface area contributed by atoms with Crippen LogP contribution in [0.4, 0.5) is 10.1 Å². The number of halogens is 1. The normalized spacial score (nSPS) is 13.7. The molecule has 21 heavy (non-hydrogen) atoms. The van der Waals surface area contributed by atoms with Crippen LogP contribution >= 0.6 is 0 Å². The average molecular weight is 317 g/mol. The zero-order valence-electron chi connectivity index (χ0n) is 12.9. The Morgan fingerprint density at radius 3 is 2.38 bits per heavy atom. The molecule has 1 atom stereocenters. The molecule has 0 bridgehead atoms. The van der Waals surface area contributed by atoms with Gasteiger partial charge < -0.3 is 10.2 Å². The van der Waals surface area contributed by atoms with E-state index in [1.807, 2.05) is 19.0 Å². The molecule has 0 amide bonds. The Labute approximate surface area is 126 Å². The van der Waals surface area contributed by atoms with Crippen LogP contribution in [0.15, 0.2) is 23.1 Å². The van der Waals surface area contributed by atoms with Crippen LogP contribution < -0.4 is 10.5 Å². The van der Waals surface area contributed by atoms with Gasteiger partial charge in [0.2, 0.25) is 10.0 Å². The van der Waals surface area contributed by atoms with E-state index < -0.39 is 15.8 Å². The summed E-state index contributed by atoms with van der Waals surface area (Å²) in [5, 5.41) is 8.12. The van der Waals surface area contributed by atoms with Crippen LogP contribution in [0.2, 0.25) is 0 Å². The lowest BCUT2D eigenvalue weighted by Crippen LogP contribution is -2.33. The van der Waals surface area contributed by atoms with Crippen molar-refractivity contribution in [1.82, 2.24) is 4.90 Å². The van der Waals surface area contributed by atoms with Crippen LogP contribution in [0.5, 0.6) is 0 Å². The predicted octanol–water partition coefficient (Wildman–Crippen LogP) is 1.86. The third-order valence-electron chi connectivity index (χ3n) is 2.97. The highest BCUT2D eigenvalue weighted by Crippen LogP contribution is 2.20. The van der Waals surface area contributed by atoms with E-state index in [0.717, 1.165) is 19.0 Å². The topological polar surface area (TPSA) is 75.4 Å². The van der Waals surface area contributed by atoms with E-state index in [-0.39, 0.29) is 16.6 Å². The maximum Gasteiger partial charge on any atom is 0.238 e. The van der Waals surface area contributed by atoms with Gasteiger partial charge in [-0.05, 0) is 44.6 Å². The van der Waals surface area contributed by atoms with Crippen molar-refractivity contribution in [2.75, 3.05) is 26.0 Å². The van der Waals surface area contributed by atoms with Crippen LogP contribution in [0.25, 0.3) is 0 Å². The molecule has 1 aromatic rings. The number of anilines is 1. The standard InChI is InChI=1S/C14H24FN3O2S/c1-10(2)7-11(9-18(3)4)17-14-6-5-12(8-13(14)15)21(16,19)20/h5-6,8,10-11,17H,7,9H2,1-4H3,(H2,16,19,20). The second-order valence-corrected chi connectivity index (χ2v) is 7.48. The van der Waals surface area contributed by atoms with Crippen LogP contribution in [0.3, 0.4) is 0 Å². The lowest BCUT2D eigenvalue weighted by Gasteiger charge is -2.25. The fraction of sp³-hybridized carbons (Fsp3) is 0.571. The molecule has 0 fully saturated rings. The fourth-order valence-electron chi connectivity index (χ4n) is 2.20. The van der Waals surface area contributed by atoms with Gasteiger partial charge in [-0.25, -0.2) is 17.9 Å². The Balaban J connectivity index is 2.93. The Hall–Kier alpha value is -1.18. The van der Waals surface area contributed by atoms with Gasteiger partial charge in [-0.3, -0.25) is 0 Å². The number of likely N-dealkylation sites (N-methyl/N-ethyl adjacent to an activating group) is 1. The molecule has 7 heteroatoms. The molecule has 3 N–H and O–H groups in total. The number of sulfonamides is 1. The Morgan fingerprint density at radius 2 is 1.95 bits per heavy atom. The second kappa shape index (κ2) is 7.20. The first-order valence-corrected chi connectivity index (χ1v) is 8.38. The Bertz CT molecular complexity index is 564. The summed E-state index contributed by atoms with van der Waals surface area (Å²) in [4.78, 5) is 1.80. The lowest BCUT2D eigenvalue weighted by atomic mass is 10.0. The largest absolute Gasteiger partial charge is 0.379 e. The first-order chi connectivity index (χ1) is 9.59. The summed E-state index contributed by atoms with van der Waals surface area (Å²) in [5.41, 5.74) is 0.287. The monoisotopic (exact) mass is 317 g/mol. The molecule has 0 aromatic heterocycles. The van der Waals surface area contributed by atoms with Crippen molar-refractivity contribution in [2.45, 2.75) is 31.2 Å². The van der Waals surface area contributed by atoms with Crippen LogP contribution in [0, 0.1) is 11.7 Å². The van der Waals surface area contributed by atoms with Gasteiger partial charge in [-0.2, -0.15) is 0 Å². The molecule has 1 unspecified atom stereocenters. The van der Waals surface area contributed by atoms with Gasteiger partial charge in [-0.1, -0.05) is 13.8 Å². The first-order valence-electron chi connectivity index (χ1n) is 6.83. The highest BCUT2D eigenvalue weighted by molar-refractivity contribution is 7.89. The first kappa shape index (κ1) is 17.9. The lowest BCUT2D eigenvalue weighted by molar-refractivity contribution is 0.356. The van der Waals surface area contributed by atoms with Crippen LogP contribution in [-0.4, -0.2) is 40.0 Å². The van der Waals surface area contributed by atoms with Crippen molar-refractivity contribution in [3.63, 3.8) is 0 Å². The SMILES string of the molecule is CC(C)CC(CN(C)C)Nc1ccc(S(N)(=O)=O)cc1F. The fourth-order valence-corrected chi connectivity index (χ4v) is 2.72. The number of nitrogens with two attached hydrogens (primary N) is 1. The third kappa shape index (κ3) is 5.99. The number of hydrogen-bond acceptors (Lipinski definition) is 4. The van der Waals surface area contributed by atoms with Crippen molar-refractivity contribution >= 4 is 15.7 Å². The van der Waals surface area contributed by atoms with Gasteiger partial charge in [-0.15, -0.1) is 0 Å². The van der Waals surface area contributed by atoms with E-state index in [9.17, 15) is 12.8 Å². The molecular formula is C14H24FN3O2S. The molecule has 0 saturated carbocycles. The van der Waals surface area contributed by atoms with Gasteiger partial charge >= 0.3 is 0 Å². The van der Waals surface area contributed by atoms with Gasteiger partial charge in [0.15, 0.2) is 0 Å². The summed E-state index contributed by atoms with van der Waals surface area (Å²) in [7, 11) is 0.0231. The van der Waals surface area contributed by atoms with E-state index in [2.05, 4.69) is 19.2 Å². The molecule has 120 valence electrons. The maximum absolute atomic E-state index is 14.0. The molecule has 0 aliphatic carbocycles. The minimum Gasteiger partial charge on any atom is -0.379 e. The third-order valence-corrected chi connectivity index (χ3v) is 3.88. The minimum absolute atomic E-state index is 0.0785. The zero-order chi connectivity index (χ0) is 16.2. The van der Waals surface area contributed by atoms with Crippen molar-refractivity contribution in [1.29, 1.82) is 0 Å². The average Bonchev–Trinajstić information content (AvgIpc) is 2.28. The molecule has 1 aromatic carbocycles. The minimum atomic E-state index is -3.88. The Kier molecular flexibility index (Phi) is 6.12. The van der Waals surface area contributed by atoms with Gasteiger partial charge in [0.05, 0.1) is 10.6 Å². The Morgan fingerprint density at radius 1 is 1.33 bits per heavy atom. The van der Waals surface area contributed by atoms with Crippen molar-refractivity contribution < 1.29 is 12.8 Å². The summed E-state index contributed by atoms with van der Waals surface area (Å²) in [6.07, 6.45) is 0.883. The molecule has 0 heterocycles. The summed E-state index contributed by atoms with van der Waals surface area (Å²) >= 11 is 0. The summed E-state index contributed by atoms with van der Waals surface area (Å²) in [6, 6.07) is 3.75. The van der Waals surface area contributed by atoms with E-state index in [1.54, 1.807) is 0 Å². The van der Waals surface area contributed by atoms with Crippen molar-refractivity contribution in [3.8, 4) is 0 Å². The highest BCUT2D eigenvalue weighted by Gasteiger charge is 2.16. The number of rotatable bonds is 7. The maximum atomic E-state index is 14.0. The van der Waals surface area contributed by atoms with Crippen LogP contribution in [-0.2, 0) is 10.0 Å². The molecule has 0 aliphatic rings. The quantitative estimate of drug-likeness (QED) is 0.805. The van der Waals surface area contributed by atoms with E-state index in [0.29, 0.717) is 5.92 Å². The van der Waals surface area contributed by atoms with Crippen molar-refractivity contribution in [2.24, 2.45) is 11.1 Å². The molecule has 0 aliphatic heterocycles. The summed E-state index contributed by atoms with van der Waals surface area (Å²) in [5.74, 6) is -0.150. The van der Waals surface area contributed by atoms with E-state index in [4.69, 9.17) is 5.14 Å². The van der Waals surface area contributed by atoms with Gasteiger partial charge in [0, 0.05) is 12.6 Å². The van der Waals surface area contributed by atoms with Crippen molar-refractivity contribution in [3.05, 3.63) is 24.0 Å². The highest BCUT2D eigenvalue weighted by atomic mass is 32.2. The number of benzene rings is 1. The second-order valence-electron chi connectivity index (χ2n) is 5.92. The number of hydrogen-bond donors (Lipinski definition) is 2. The van der Waals surface area contributed by atoms with Gasteiger partial charge in [0.25, 0.3) is 0 Å². The molecule has 0 saturated heterocycles. The molecule has 1 rings (SSSR count). The van der Waals surface area contributed by atoms with Gasteiger partial charge in [0.1, 0.15) is 5.82 Å². The molecule has 0 radical (unpaired) electrons. The smallest absolute Gasteiger partial charge is 0.238 e. The number of primary sulfonamides is 1. The molecule has 0 spiro atoms. The summed E-state index contributed by atoms with van der Waals surface area (Å²) < 4.78 is 36.4. The summed E-state index contributed by atoms with van der Waals surface area (Å²) in [6.45, 7) is 4.96. The predicted molar refractivity (Wildman–Crippen MR) is 83.2 cm³/mol. The molecule has 5 nitrogen and oxygen atoms in total. The van der Waals surface area contributed by atoms with E-state index >= 15 is 0 Å². The number of nitrogens with zero attached hydrogens (tertiary/aromatic N) is 1. The zero-order valence-corrected chi connectivity index (χ0v) is 13.7.